The molecule has 0 aromatic heterocycles. The second-order valence-corrected chi connectivity index (χ2v) is 9.81. The lowest BCUT2D eigenvalue weighted by atomic mass is 9.90. The Bertz CT molecular complexity index is 1030. The number of hydrogen-bond donors (Lipinski definition) is 0. The maximum absolute atomic E-state index is 12.7. The average molecular weight is 504 g/mol. The number of amides is 2. The monoisotopic (exact) mass is 503 g/mol. The van der Waals surface area contributed by atoms with Crippen molar-refractivity contribution in [3.05, 3.63) is 63.6 Å². The second-order valence-electron chi connectivity index (χ2n) is 9.00. The number of halogens is 2. The van der Waals surface area contributed by atoms with Gasteiger partial charge in [-0.15, -0.1) is 0 Å². The number of carbonyl (C=O) groups excluding carboxylic acids is 2. The van der Waals surface area contributed by atoms with Gasteiger partial charge in [0.25, 0.3) is 5.91 Å². The molecule has 182 valence electrons. The molecular weight excluding hydrogens is 473 g/mol. The lowest BCUT2D eigenvalue weighted by Gasteiger charge is -2.43. The van der Waals surface area contributed by atoms with Gasteiger partial charge in [-0.2, -0.15) is 0 Å². The number of hydrogen-bond acceptors (Lipinski definition) is 4. The topological polar surface area (TPSA) is 53.1 Å². The van der Waals surface area contributed by atoms with Gasteiger partial charge in [-0.1, -0.05) is 42.6 Å². The van der Waals surface area contributed by atoms with E-state index in [-0.39, 0.29) is 24.1 Å². The van der Waals surface area contributed by atoms with Gasteiger partial charge < -0.3 is 19.4 Å². The number of anilines is 1. The van der Waals surface area contributed by atoms with E-state index in [9.17, 15) is 9.59 Å². The lowest BCUT2D eigenvalue weighted by molar-refractivity contribution is 0.0793. The van der Waals surface area contributed by atoms with E-state index in [1.54, 1.807) is 4.90 Å². The predicted molar refractivity (Wildman–Crippen MR) is 136 cm³/mol. The third-order valence-corrected chi connectivity index (χ3v) is 7.51. The van der Waals surface area contributed by atoms with Crippen molar-refractivity contribution in [1.82, 2.24) is 9.80 Å². The Morgan fingerprint density at radius 2 is 1.85 bits per heavy atom. The van der Waals surface area contributed by atoms with Crippen LogP contribution in [-0.4, -0.2) is 61.1 Å². The fourth-order valence-corrected chi connectivity index (χ4v) is 5.13. The second kappa shape index (κ2) is 10.9. The van der Waals surface area contributed by atoms with Crippen LogP contribution in [0.15, 0.2) is 42.5 Å². The molecule has 0 saturated carbocycles. The van der Waals surface area contributed by atoms with Crippen LogP contribution in [0.1, 0.15) is 54.6 Å². The van der Waals surface area contributed by atoms with Crippen LogP contribution in [0.4, 0.5) is 10.5 Å². The van der Waals surface area contributed by atoms with Gasteiger partial charge in [-0.3, -0.25) is 4.79 Å². The Hall–Kier alpha value is -2.44. The molecule has 2 fully saturated rings. The van der Waals surface area contributed by atoms with Crippen LogP contribution in [0.3, 0.4) is 0 Å². The third kappa shape index (κ3) is 5.28. The molecule has 0 aliphatic carbocycles. The molecule has 2 saturated heterocycles. The van der Waals surface area contributed by atoms with Crippen LogP contribution in [-0.2, 0) is 4.74 Å². The van der Waals surface area contributed by atoms with Gasteiger partial charge >= 0.3 is 6.09 Å². The Balaban J connectivity index is 1.58. The summed E-state index contributed by atoms with van der Waals surface area (Å²) in [7, 11) is 1.85. The third-order valence-electron chi connectivity index (χ3n) is 6.78. The SMILES string of the molecule is CCCCN(C)C(=O)c1ccc(N2CCC(N3CCOC3=O)CC2c2ccc(Cl)c(Cl)c2)cc1. The number of ether oxygens (including phenoxy) is 1. The summed E-state index contributed by atoms with van der Waals surface area (Å²) >= 11 is 12.5. The van der Waals surface area contributed by atoms with Gasteiger partial charge in [0.2, 0.25) is 0 Å². The van der Waals surface area contributed by atoms with Crippen molar-refractivity contribution in [3.63, 3.8) is 0 Å². The summed E-state index contributed by atoms with van der Waals surface area (Å²) in [6.45, 7) is 4.71. The summed E-state index contributed by atoms with van der Waals surface area (Å²) in [5, 5.41) is 1.03. The van der Waals surface area contributed by atoms with E-state index in [1.807, 2.05) is 54.4 Å². The molecule has 0 spiro atoms. The average Bonchev–Trinajstić information content (AvgIpc) is 3.29. The maximum Gasteiger partial charge on any atom is 0.410 e. The van der Waals surface area contributed by atoms with E-state index < -0.39 is 0 Å². The van der Waals surface area contributed by atoms with Gasteiger partial charge in [0.15, 0.2) is 0 Å². The summed E-state index contributed by atoms with van der Waals surface area (Å²) in [6.07, 6.45) is 3.41. The first-order valence-electron chi connectivity index (χ1n) is 11.9. The summed E-state index contributed by atoms with van der Waals surface area (Å²) in [5.74, 6) is 0.0345. The minimum absolute atomic E-state index is 0.00990. The molecule has 2 amide bonds. The van der Waals surface area contributed by atoms with E-state index in [4.69, 9.17) is 27.9 Å². The lowest BCUT2D eigenvalue weighted by Crippen LogP contribution is -2.47. The molecule has 0 radical (unpaired) electrons. The Kier molecular flexibility index (Phi) is 7.89. The summed E-state index contributed by atoms with van der Waals surface area (Å²) in [4.78, 5) is 30.9. The number of carbonyl (C=O) groups is 2. The van der Waals surface area contributed by atoms with Crippen molar-refractivity contribution in [2.24, 2.45) is 0 Å². The molecule has 2 aromatic carbocycles. The molecule has 4 rings (SSSR count). The van der Waals surface area contributed by atoms with Crippen LogP contribution in [0, 0.1) is 0 Å². The molecule has 0 N–H and O–H groups in total. The fraction of sp³-hybridized carbons (Fsp3) is 0.462. The maximum atomic E-state index is 12.7. The van der Waals surface area contributed by atoms with E-state index >= 15 is 0 Å². The zero-order chi connectivity index (χ0) is 24.2. The normalized spacial score (nSPS) is 20.4. The van der Waals surface area contributed by atoms with Gasteiger partial charge in [0.1, 0.15) is 6.61 Å². The first-order valence-corrected chi connectivity index (χ1v) is 12.6. The zero-order valence-electron chi connectivity index (χ0n) is 19.7. The highest BCUT2D eigenvalue weighted by Crippen LogP contribution is 2.39. The van der Waals surface area contributed by atoms with Crippen LogP contribution >= 0.6 is 23.2 Å². The number of rotatable bonds is 7. The van der Waals surface area contributed by atoms with Crippen molar-refractivity contribution < 1.29 is 14.3 Å². The minimum Gasteiger partial charge on any atom is -0.448 e. The van der Waals surface area contributed by atoms with Gasteiger partial charge in [0.05, 0.1) is 22.6 Å². The molecule has 2 aromatic rings. The van der Waals surface area contributed by atoms with Crippen LogP contribution in [0.2, 0.25) is 10.0 Å². The molecular formula is C26H31Cl2N3O3. The fourth-order valence-electron chi connectivity index (χ4n) is 4.82. The van der Waals surface area contributed by atoms with E-state index in [2.05, 4.69) is 11.8 Å². The highest BCUT2D eigenvalue weighted by molar-refractivity contribution is 6.42. The molecule has 2 aliphatic rings. The molecule has 0 bridgehead atoms. The molecule has 2 unspecified atom stereocenters. The van der Waals surface area contributed by atoms with Crippen LogP contribution in [0.5, 0.6) is 0 Å². The molecule has 34 heavy (non-hydrogen) atoms. The summed E-state index contributed by atoms with van der Waals surface area (Å²) in [6, 6.07) is 13.6. The summed E-state index contributed by atoms with van der Waals surface area (Å²) < 4.78 is 5.18. The van der Waals surface area contributed by atoms with Gasteiger partial charge in [-0.25, -0.2) is 4.79 Å². The van der Waals surface area contributed by atoms with E-state index in [1.165, 1.54) is 0 Å². The van der Waals surface area contributed by atoms with E-state index in [0.717, 1.165) is 50.0 Å². The number of piperidine rings is 1. The summed E-state index contributed by atoms with van der Waals surface area (Å²) in [5.41, 5.74) is 2.76. The largest absolute Gasteiger partial charge is 0.448 e. The molecule has 2 heterocycles. The Morgan fingerprint density at radius 1 is 1.09 bits per heavy atom. The zero-order valence-corrected chi connectivity index (χ0v) is 21.2. The van der Waals surface area contributed by atoms with Crippen molar-refractivity contribution in [3.8, 4) is 0 Å². The number of benzene rings is 2. The number of unbranched alkanes of at least 4 members (excludes halogenated alkanes) is 1. The smallest absolute Gasteiger partial charge is 0.410 e. The van der Waals surface area contributed by atoms with Crippen molar-refractivity contribution in [1.29, 1.82) is 0 Å². The van der Waals surface area contributed by atoms with Crippen molar-refractivity contribution in [2.75, 3.05) is 38.2 Å². The highest BCUT2D eigenvalue weighted by Gasteiger charge is 2.37. The molecule has 6 nitrogen and oxygen atoms in total. The highest BCUT2D eigenvalue weighted by atomic mass is 35.5. The standard InChI is InChI=1S/C26H31Cl2N3O3/c1-3-4-12-29(2)25(32)18-5-8-20(9-6-18)30-13-11-21(31-14-15-34-26(31)33)17-24(30)19-7-10-22(27)23(28)16-19/h5-10,16,21,24H,3-4,11-15,17H2,1-2H3. The molecule has 2 aliphatic heterocycles. The Morgan fingerprint density at radius 3 is 2.50 bits per heavy atom. The number of cyclic esters (lactones) is 1. The first-order chi connectivity index (χ1) is 16.4. The minimum atomic E-state index is -0.235. The Labute approximate surface area is 211 Å². The van der Waals surface area contributed by atoms with Crippen LogP contribution < -0.4 is 4.90 Å². The van der Waals surface area contributed by atoms with Gasteiger partial charge in [0, 0.05) is 37.4 Å². The van der Waals surface area contributed by atoms with Crippen LogP contribution in [0.25, 0.3) is 0 Å². The van der Waals surface area contributed by atoms with E-state index in [0.29, 0.717) is 28.8 Å². The quantitative estimate of drug-likeness (QED) is 0.462. The molecule has 2 atom stereocenters. The molecule has 8 heteroatoms. The first kappa shape index (κ1) is 24.7. The van der Waals surface area contributed by atoms with Crippen molar-refractivity contribution >= 4 is 40.9 Å². The van der Waals surface area contributed by atoms with Gasteiger partial charge in [-0.05, 0) is 61.2 Å². The van der Waals surface area contributed by atoms with Crippen molar-refractivity contribution in [2.45, 2.75) is 44.7 Å². The predicted octanol–water partition coefficient (Wildman–Crippen LogP) is 6.03. The number of nitrogens with zero attached hydrogens (tertiary/aromatic N) is 3.